The number of rotatable bonds is 4. The molecular formula is C12H21NO4. The molecule has 98 valence electrons. The van der Waals surface area contributed by atoms with E-state index in [0.29, 0.717) is 26.0 Å². The maximum absolute atomic E-state index is 11.9. The monoisotopic (exact) mass is 243 g/mol. The molecule has 0 aliphatic carbocycles. The van der Waals surface area contributed by atoms with Gasteiger partial charge in [0.25, 0.3) is 0 Å². The van der Waals surface area contributed by atoms with Crippen molar-refractivity contribution in [3.63, 3.8) is 0 Å². The summed E-state index contributed by atoms with van der Waals surface area (Å²) in [7, 11) is 0. The Kier molecular flexibility index (Phi) is 4.78. The molecule has 0 aromatic heterocycles. The van der Waals surface area contributed by atoms with Crippen LogP contribution in [0.5, 0.6) is 0 Å². The van der Waals surface area contributed by atoms with Gasteiger partial charge in [-0.3, -0.25) is 4.79 Å². The van der Waals surface area contributed by atoms with E-state index in [4.69, 9.17) is 9.84 Å². The van der Waals surface area contributed by atoms with Gasteiger partial charge < -0.3 is 14.7 Å². The highest BCUT2D eigenvalue weighted by molar-refractivity contribution is 5.78. The summed E-state index contributed by atoms with van der Waals surface area (Å²) in [5.74, 6) is -0.267. The van der Waals surface area contributed by atoms with E-state index >= 15 is 0 Å². The van der Waals surface area contributed by atoms with Gasteiger partial charge in [-0.1, -0.05) is 13.3 Å². The molecule has 5 heteroatoms. The lowest BCUT2D eigenvalue weighted by molar-refractivity contribution is -0.157. The first-order chi connectivity index (χ1) is 7.99. The van der Waals surface area contributed by atoms with Crippen molar-refractivity contribution in [1.29, 1.82) is 0 Å². The van der Waals surface area contributed by atoms with E-state index in [1.165, 1.54) is 4.90 Å². The van der Waals surface area contributed by atoms with Gasteiger partial charge in [-0.05, 0) is 26.2 Å². The summed E-state index contributed by atoms with van der Waals surface area (Å²) in [6.07, 6.45) is 2.28. The highest BCUT2D eigenvalue weighted by Gasteiger charge is 2.40. The van der Waals surface area contributed by atoms with E-state index in [-0.39, 0.29) is 12.5 Å². The minimum Gasteiger partial charge on any atom is -0.465 e. The van der Waals surface area contributed by atoms with Crippen LogP contribution in [-0.2, 0) is 9.53 Å². The van der Waals surface area contributed by atoms with Crippen molar-refractivity contribution in [1.82, 2.24) is 4.90 Å². The van der Waals surface area contributed by atoms with E-state index in [1.54, 1.807) is 6.92 Å². The van der Waals surface area contributed by atoms with Crippen LogP contribution in [0, 0.1) is 5.41 Å². The lowest BCUT2D eigenvalue weighted by Gasteiger charge is -2.37. The standard InChI is InChI=1S/C12H21NO4/c1-3-4-8-17-10(14)12(2)6-5-7-13(9-12)11(15)16/h3-9H2,1-2H3,(H,15,16). The zero-order valence-electron chi connectivity index (χ0n) is 10.6. The zero-order valence-corrected chi connectivity index (χ0v) is 10.6. The fraction of sp³-hybridized carbons (Fsp3) is 0.833. The third kappa shape index (κ3) is 3.61. The molecule has 0 saturated carbocycles. The Hall–Kier alpha value is -1.26. The van der Waals surface area contributed by atoms with Gasteiger partial charge in [-0.15, -0.1) is 0 Å². The van der Waals surface area contributed by atoms with E-state index < -0.39 is 11.5 Å². The number of carbonyl (C=O) groups is 2. The summed E-state index contributed by atoms with van der Waals surface area (Å²) in [6, 6.07) is 0. The highest BCUT2D eigenvalue weighted by Crippen LogP contribution is 2.30. The number of unbranched alkanes of at least 4 members (excludes halogenated alkanes) is 1. The Bertz CT molecular complexity index is 292. The van der Waals surface area contributed by atoms with Gasteiger partial charge in [0.1, 0.15) is 0 Å². The fourth-order valence-electron chi connectivity index (χ4n) is 2.05. The van der Waals surface area contributed by atoms with Crippen LogP contribution < -0.4 is 0 Å². The molecule has 1 rings (SSSR count). The molecule has 0 aromatic carbocycles. The SMILES string of the molecule is CCCCOC(=O)C1(C)CCCN(C(=O)O)C1. The van der Waals surface area contributed by atoms with Gasteiger partial charge >= 0.3 is 12.1 Å². The van der Waals surface area contributed by atoms with Crippen molar-refractivity contribution in [2.45, 2.75) is 39.5 Å². The predicted molar refractivity (Wildman–Crippen MR) is 62.8 cm³/mol. The molecule has 5 nitrogen and oxygen atoms in total. The van der Waals surface area contributed by atoms with Gasteiger partial charge in [-0.25, -0.2) is 4.79 Å². The molecule has 0 aromatic rings. The Morgan fingerprint density at radius 1 is 1.47 bits per heavy atom. The maximum atomic E-state index is 11.9. The van der Waals surface area contributed by atoms with Gasteiger partial charge in [0.15, 0.2) is 0 Å². The first-order valence-electron chi connectivity index (χ1n) is 6.14. The number of esters is 1. The quantitative estimate of drug-likeness (QED) is 0.606. The van der Waals surface area contributed by atoms with Crippen LogP contribution in [-0.4, -0.2) is 41.8 Å². The molecular weight excluding hydrogens is 222 g/mol. The Morgan fingerprint density at radius 2 is 2.18 bits per heavy atom. The molecule has 1 fully saturated rings. The number of hydrogen-bond acceptors (Lipinski definition) is 3. The Balaban J connectivity index is 2.54. The third-order valence-corrected chi connectivity index (χ3v) is 3.19. The average molecular weight is 243 g/mol. The Morgan fingerprint density at radius 3 is 2.76 bits per heavy atom. The van der Waals surface area contributed by atoms with Gasteiger partial charge in [0.05, 0.1) is 12.0 Å². The second-order valence-electron chi connectivity index (χ2n) is 4.86. The molecule has 1 unspecified atom stereocenters. The molecule has 1 aliphatic rings. The number of ether oxygens (including phenoxy) is 1. The Labute approximate surface area is 102 Å². The third-order valence-electron chi connectivity index (χ3n) is 3.19. The molecule has 1 N–H and O–H groups in total. The van der Waals surface area contributed by atoms with E-state index in [9.17, 15) is 9.59 Å². The molecule has 1 saturated heterocycles. The second-order valence-corrected chi connectivity index (χ2v) is 4.86. The average Bonchev–Trinajstić information content (AvgIpc) is 2.29. The van der Waals surface area contributed by atoms with Crippen molar-refractivity contribution >= 4 is 12.1 Å². The van der Waals surface area contributed by atoms with Crippen LogP contribution in [0.15, 0.2) is 0 Å². The number of hydrogen-bond donors (Lipinski definition) is 1. The predicted octanol–water partition coefficient (Wildman–Crippen LogP) is 2.11. The number of carboxylic acid groups (broad SMARTS) is 1. The summed E-state index contributed by atoms with van der Waals surface area (Å²) >= 11 is 0. The van der Waals surface area contributed by atoms with Crippen LogP contribution in [0.1, 0.15) is 39.5 Å². The van der Waals surface area contributed by atoms with Crippen molar-refractivity contribution in [3.8, 4) is 0 Å². The number of nitrogens with zero attached hydrogens (tertiary/aromatic N) is 1. The first-order valence-corrected chi connectivity index (χ1v) is 6.14. The highest BCUT2D eigenvalue weighted by atomic mass is 16.5. The van der Waals surface area contributed by atoms with Gasteiger partial charge in [-0.2, -0.15) is 0 Å². The molecule has 0 radical (unpaired) electrons. The number of likely N-dealkylation sites (tertiary alicyclic amines) is 1. The topological polar surface area (TPSA) is 66.8 Å². The normalized spacial score (nSPS) is 24.5. The van der Waals surface area contributed by atoms with E-state index in [0.717, 1.165) is 12.8 Å². The van der Waals surface area contributed by atoms with Crippen LogP contribution in [0.25, 0.3) is 0 Å². The van der Waals surface area contributed by atoms with Crippen LogP contribution >= 0.6 is 0 Å². The summed E-state index contributed by atoms with van der Waals surface area (Å²) in [5, 5.41) is 8.94. The fourth-order valence-corrected chi connectivity index (χ4v) is 2.05. The molecule has 17 heavy (non-hydrogen) atoms. The molecule has 1 atom stereocenters. The van der Waals surface area contributed by atoms with E-state index in [1.807, 2.05) is 6.92 Å². The minimum absolute atomic E-state index is 0.243. The lowest BCUT2D eigenvalue weighted by atomic mass is 9.82. The number of piperidine rings is 1. The van der Waals surface area contributed by atoms with Crippen molar-refractivity contribution in [2.75, 3.05) is 19.7 Å². The molecule has 1 amide bonds. The largest absolute Gasteiger partial charge is 0.465 e. The van der Waals surface area contributed by atoms with Crippen LogP contribution in [0.4, 0.5) is 4.79 Å². The molecule has 1 aliphatic heterocycles. The van der Waals surface area contributed by atoms with E-state index in [2.05, 4.69) is 0 Å². The smallest absolute Gasteiger partial charge is 0.407 e. The number of amides is 1. The summed E-state index contributed by atoms with van der Waals surface area (Å²) in [4.78, 5) is 24.1. The van der Waals surface area contributed by atoms with Crippen LogP contribution in [0.3, 0.4) is 0 Å². The van der Waals surface area contributed by atoms with Gasteiger partial charge in [0.2, 0.25) is 0 Å². The lowest BCUT2D eigenvalue weighted by Crippen LogP contribution is -2.48. The molecule has 0 spiro atoms. The summed E-state index contributed by atoms with van der Waals surface area (Å²) < 4.78 is 5.19. The summed E-state index contributed by atoms with van der Waals surface area (Å²) in [6.45, 7) is 5.00. The van der Waals surface area contributed by atoms with Crippen molar-refractivity contribution < 1.29 is 19.4 Å². The second kappa shape index (κ2) is 5.89. The number of carbonyl (C=O) groups excluding carboxylic acids is 1. The summed E-state index contributed by atoms with van der Waals surface area (Å²) in [5.41, 5.74) is -0.676. The minimum atomic E-state index is -0.961. The van der Waals surface area contributed by atoms with Gasteiger partial charge in [0, 0.05) is 13.1 Å². The molecule has 1 heterocycles. The molecule has 0 bridgehead atoms. The van der Waals surface area contributed by atoms with Crippen LogP contribution in [0.2, 0.25) is 0 Å². The first kappa shape index (κ1) is 13.8. The van der Waals surface area contributed by atoms with Crippen molar-refractivity contribution in [3.05, 3.63) is 0 Å². The zero-order chi connectivity index (χ0) is 12.9. The van der Waals surface area contributed by atoms with Crippen molar-refractivity contribution in [2.24, 2.45) is 5.41 Å². The maximum Gasteiger partial charge on any atom is 0.407 e.